The van der Waals surface area contributed by atoms with Crippen molar-refractivity contribution in [2.75, 3.05) is 13.1 Å². The van der Waals surface area contributed by atoms with Crippen molar-refractivity contribution in [3.63, 3.8) is 0 Å². The largest absolute Gasteiger partial charge is 0.346 e. The Bertz CT molecular complexity index is 708. The number of hydrogen-bond donors (Lipinski definition) is 1. The van der Waals surface area contributed by atoms with Gasteiger partial charge in [0.05, 0.1) is 6.04 Å². The molecule has 25 heavy (non-hydrogen) atoms. The normalized spacial score (nSPS) is 16.4. The number of halogens is 1. The summed E-state index contributed by atoms with van der Waals surface area (Å²) in [7, 11) is 0. The van der Waals surface area contributed by atoms with E-state index in [2.05, 4.69) is 22.3 Å². The lowest BCUT2D eigenvalue weighted by atomic mass is 10.1. The summed E-state index contributed by atoms with van der Waals surface area (Å²) >= 11 is 6.02. The third-order valence-electron chi connectivity index (χ3n) is 4.77. The van der Waals surface area contributed by atoms with Gasteiger partial charge in [-0.25, -0.2) is 0 Å². The molecule has 0 spiro atoms. The Kier molecular flexibility index (Phi) is 6.11. The van der Waals surface area contributed by atoms with Crippen LogP contribution in [-0.4, -0.2) is 23.9 Å². The van der Waals surface area contributed by atoms with Gasteiger partial charge in [0, 0.05) is 17.1 Å². The number of hydrogen-bond acceptors (Lipinski definition) is 2. The van der Waals surface area contributed by atoms with E-state index in [1.807, 2.05) is 43.3 Å². The predicted molar refractivity (Wildman–Crippen MR) is 103 cm³/mol. The van der Waals surface area contributed by atoms with Crippen LogP contribution >= 0.6 is 11.6 Å². The SMILES string of the molecule is C[C@@H](NC(=O)c1ccc(CN2CCCCC2)cc1)c1cccc(Cl)c1. The molecule has 1 fully saturated rings. The van der Waals surface area contributed by atoms with E-state index in [9.17, 15) is 4.79 Å². The van der Waals surface area contributed by atoms with E-state index in [-0.39, 0.29) is 11.9 Å². The van der Waals surface area contributed by atoms with Crippen LogP contribution in [0.1, 0.15) is 53.7 Å². The van der Waals surface area contributed by atoms with Gasteiger partial charge < -0.3 is 5.32 Å². The molecule has 1 saturated heterocycles. The molecule has 3 rings (SSSR count). The topological polar surface area (TPSA) is 32.3 Å². The molecule has 3 nitrogen and oxygen atoms in total. The van der Waals surface area contributed by atoms with E-state index < -0.39 is 0 Å². The number of benzene rings is 2. The van der Waals surface area contributed by atoms with Gasteiger partial charge in [0.15, 0.2) is 0 Å². The van der Waals surface area contributed by atoms with Crippen LogP contribution in [0.2, 0.25) is 5.02 Å². The lowest BCUT2D eigenvalue weighted by Crippen LogP contribution is -2.29. The Balaban J connectivity index is 1.58. The van der Waals surface area contributed by atoms with E-state index >= 15 is 0 Å². The van der Waals surface area contributed by atoms with Gasteiger partial charge in [0.2, 0.25) is 0 Å². The molecule has 0 aliphatic carbocycles. The van der Waals surface area contributed by atoms with Gasteiger partial charge in [-0.05, 0) is 68.2 Å². The number of carbonyl (C=O) groups is 1. The minimum Gasteiger partial charge on any atom is -0.346 e. The monoisotopic (exact) mass is 356 g/mol. The molecule has 0 unspecified atom stereocenters. The van der Waals surface area contributed by atoms with Crippen molar-refractivity contribution >= 4 is 17.5 Å². The number of rotatable bonds is 5. The third kappa shape index (κ3) is 5.07. The first-order valence-corrected chi connectivity index (χ1v) is 9.37. The average molecular weight is 357 g/mol. The quantitative estimate of drug-likeness (QED) is 0.833. The predicted octanol–water partition coefficient (Wildman–Crippen LogP) is 4.82. The van der Waals surface area contributed by atoms with E-state index in [0.29, 0.717) is 10.6 Å². The number of piperidine rings is 1. The Labute approximate surface area is 155 Å². The van der Waals surface area contributed by atoms with E-state index in [4.69, 9.17) is 11.6 Å². The first kappa shape index (κ1) is 18.0. The summed E-state index contributed by atoms with van der Waals surface area (Å²) in [6, 6.07) is 15.5. The molecule has 1 heterocycles. The molecule has 1 atom stereocenters. The Morgan fingerprint density at radius 3 is 2.52 bits per heavy atom. The number of amides is 1. The molecule has 1 N–H and O–H groups in total. The molecule has 2 aromatic carbocycles. The molecule has 2 aromatic rings. The highest BCUT2D eigenvalue weighted by Crippen LogP contribution is 2.18. The van der Waals surface area contributed by atoms with E-state index in [1.165, 1.54) is 37.9 Å². The van der Waals surface area contributed by atoms with Crippen LogP contribution in [0, 0.1) is 0 Å². The van der Waals surface area contributed by atoms with Crippen molar-refractivity contribution in [3.05, 3.63) is 70.2 Å². The maximum absolute atomic E-state index is 12.5. The molecular formula is C21H25ClN2O. The lowest BCUT2D eigenvalue weighted by molar-refractivity contribution is 0.0940. The van der Waals surface area contributed by atoms with Crippen molar-refractivity contribution < 1.29 is 4.79 Å². The highest BCUT2D eigenvalue weighted by molar-refractivity contribution is 6.30. The maximum atomic E-state index is 12.5. The second kappa shape index (κ2) is 8.50. The molecule has 0 aromatic heterocycles. The second-order valence-electron chi connectivity index (χ2n) is 6.78. The third-order valence-corrected chi connectivity index (χ3v) is 5.00. The average Bonchev–Trinajstić information content (AvgIpc) is 2.63. The maximum Gasteiger partial charge on any atom is 0.251 e. The van der Waals surface area contributed by atoms with Crippen molar-refractivity contribution in [2.24, 2.45) is 0 Å². The summed E-state index contributed by atoms with van der Waals surface area (Å²) in [5, 5.41) is 3.71. The summed E-state index contributed by atoms with van der Waals surface area (Å²) in [5.41, 5.74) is 2.96. The van der Waals surface area contributed by atoms with Gasteiger partial charge in [-0.15, -0.1) is 0 Å². The van der Waals surface area contributed by atoms with Gasteiger partial charge in [0.1, 0.15) is 0 Å². The van der Waals surface area contributed by atoms with Crippen LogP contribution < -0.4 is 5.32 Å². The molecule has 1 aliphatic heterocycles. The first-order valence-electron chi connectivity index (χ1n) is 8.99. The zero-order chi connectivity index (χ0) is 17.6. The molecule has 0 radical (unpaired) electrons. The Hall–Kier alpha value is -1.84. The minimum atomic E-state index is -0.0840. The first-order chi connectivity index (χ1) is 12.1. The van der Waals surface area contributed by atoms with E-state index in [1.54, 1.807) is 0 Å². The number of nitrogens with one attached hydrogen (secondary N) is 1. The zero-order valence-corrected chi connectivity index (χ0v) is 15.4. The van der Waals surface area contributed by atoms with Crippen molar-refractivity contribution in [2.45, 2.75) is 38.8 Å². The van der Waals surface area contributed by atoms with Crippen LogP contribution in [0.3, 0.4) is 0 Å². The fourth-order valence-electron chi connectivity index (χ4n) is 3.28. The van der Waals surface area contributed by atoms with Crippen LogP contribution in [0.25, 0.3) is 0 Å². The number of nitrogens with zero attached hydrogens (tertiary/aromatic N) is 1. The summed E-state index contributed by atoms with van der Waals surface area (Å²) < 4.78 is 0. The molecule has 1 aliphatic rings. The summed E-state index contributed by atoms with van der Waals surface area (Å²) in [6.07, 6.45) is 3.93. The number of likely N-dealkylation sites (tertiary alicyclic amines) is 1. The Morgan fingerprint density at radius 2 is 1.84 bits per heavy atom. The number of carbonyl (C=O) groups excluding carboxylic acids is 1. The Morgan fingerprint density at radius 1 is 1.12 bits per heavy atom. The molecule has 0 saturated carbocycles. The highest BCUT2D eigenvalue weighted by atomic mass is 35.5. The van der Waals surface area contributed by atoms with Crippen molar-refractivity contribution in [1.29, 1.82) is 0 Å². The minimum absolute atomic E-state index is 0.0583. The lowest BCUT2D eigenvalue weighted by Gasteiger charge is -2.26. The van der Waals surface area contributed by atoms with Gasteiger partial charge in [0.25, 0.3) is 5.91 Å². The molecular weight excluding hydrogens is 332 g/mol. The van der Waals surface area contributed by atoms with Crippen molar-refractivity contribution in [1.82, 2.24) is 10.2 Å². The van der Waals surface area contributed by atoms with E-state index in [0.717, 1.165) is 12.1 Å². The van der Waals surface area contributed by atoms with Crippen LogP contribution in [0.15, 0.2) is 48.5 Å². The second-order valence-corrected chi connectivity index (χ2v) is 7.22. The molecule has 132 valence electrons. The fourth-order valence-corrected chi connectivity index (χ4v) is 3.48. The highest BCUT2D eigenvalue weighted by Gasteiger charge is 2.13. The summed E-state index contributed by atoms with van der Waals surface area (Å²) in [5.74, 6) is -0.0583. The van der Waals surface area contributed by atoms with Crippen LogP contribution in [-0.2, 0) is 6.54 Å². The van der Waals surface area contributed by atoms with Gasteiger partial charge >= 0.3 is 0 Å². The summed E-state index contributed by atoms with van der Waals surface area (Å²) in [4.78, 5) is 14.9. The zero-order valence-electron chi connectivity index (χ0n) is 14.7. The molecule has 0 bridgehead atoms. The standard InChI is InChI=1S/C21H25ClN2O/c1-16(19-6-5-7-20(22)14-19)23-21(25)18-10-8-17(9-11-18)15-24-12-3-2-4-13-24/h5-11,14,16H,2-4,12-13,15H2,1H3,(H,23,25)/t16-/m1/s1. The van der Waals surface area contributed by atoms with Gasteiger partial charge in [-0.3, -0.25) is 9.69 Å². The molecule has 1 amide bonds. The van der Waals surface area contributed by atoms with Gasteiger partial charge in [-0.1, -0.05) is 42.3 Å². The fraction of sp³-hybridized carbons (Fsp3) is 0.381. The molecule has 4 heteroatoms. The van der Waals surface area contributed by atoms with Crippen molar-refractivity contribution in [3.8, 4) is 0 Å². The van der Waals surface area contributed by atoms with Crippen LogP contribution in [0.5, 0.6) is 0 Å². The summed E-state index contributed by atoms with van der Waals surface area (Å²) in [6.45, 7) is 5.30. The van der Waals surface area contributed by atoms with Crippen LogP contribution in [0.4, 0.5) is 0 Å². The van der Waals surface area contributed by atoms with Gasteiger partial charge in [-0.2, -0.15) is 0 Å². The smallest absolute Gasteiger partial charge is 0.251 e.